The van der Waals surface area contributed by atoms with E-state index in [0.717, 1.165) is 73.6 Å². The van der Waals surface area contributed by atoms with Crippen molar-refractivity contribution in [2.24, 2.45) is 0 Å². The lowest BCUT2D eigenvalue weighted by atomic mass is 9.91. The van der Waals surface area contributed by atoms with Crippen molar-refractivity contribution >= 4 is 45.8 Å². The van der Waals surface area contributed by atoms with Crippen LogP contribution < -0.4 is 15.5 Å². The van der Waals surface area contributed by atoms with E-state index in [1.165, 1.54) is 22.3 Å². The van der Waals surface area contributed by atoms with Gasteiger partial charge < -0.3 is 14.4 Å². The topological polar surface area (TPSA) is 146 Å². The number of hydrogen-bond acceptors (Lipinski definition) is 10. The summed E-state index contributed by atoms with van der Waals surface area (Å²) in [6, 6.07) is 12.1. The SMILES string of the molecule is O=C1CCC(c2cncc(CN3CCN(c4ccc(-c5cc(F)c6c(c5)C(=O)N(C(C(=O)Nc5nccs5)c5ncn7c5CCC7)C6)cc4)CC3)c2)C(=O)N1. The van der Waals surface area contributed by atoms with Crippen LogP contribution in [0.4, 0.5) is 15.2 Å². The molecule has 2 saturated heterocycles. The fraction of sp³-hybridized carbons (Fsp3) is 0.325. The smallest absolute Gasteiger partial charge is 0.255 e. The quantitative estimate of drug-likeness (QED) is 0.205. The molecule has 15 heteroatoms. The highest BCUT2D eigenvalue weighted by molar-refractivity contribution is 7.13. The summed E-state index contributed by atoms with van der Waals surface area (Å²) < 4.78 is 17.9. The van der Waals surface area contributed by atoms with Gasteiger partial charge in [-0.2, -0.15) is 0 Å². The number of nitrogens with one attached hydrogen (secondary N) is 2. The van der Waals surface area contributed by atoms with E-state index in [4.69, 9.17) is 0 Å². The summed E-state index contributed by atoms with van der Waals surface area (Å²) in [6.07, 6.45) is 9.35. The summed E-state index contributed by atoms with van der Waals surface area (Å²) >= 11 is 1.28. The number of hydrogen-bond donors (Lipinski definition) is 2. The van der Waals surface area contributed by atoms with Crippen LogP contribution in [0.1, 0.15) is 69.7 Å². The van der Waals surface area contributed by atoms with Crippen LogP contribution in [-0.4, -0.2) is 79.1 Å². The predicted molar refractivity (Wildman–Crippen MR) is 203 cm³/mol. The lowest BCUT2D eigenvalue weighted by Crippen LogP contribution is -2.46. The number of imide groups is 1. The number of anilines is 2. The van der Waals surface area contributed by atoms with Gasteiger partial charge in [0.25, 0.3) is 11.8 Å². The summed E-state index contributed by atoms with van der Waals surface area (Å²) in [4.78, 5) is 71.1. The fourth-order valence-corrected chi connectivity index (χ4v) is 8.78. The van der Waals surface area contributed by atoms with Gasteiger partial charge in [-0.25, -0.2) is 14.4 Å². The van der Waals surface area contributed by atoms with Crippen molar-refractivity contribution in [3.05, 3.63) is 112 Å². The maximum atomic E-state index is 15.9. The van der Waals surface area contributed by atoms with Gasteiger partial charge in [0.2, 0.25) is 11.8 Å². The second kappa shape index (κ2) is 14.5. The molecule has 0 aliphatic carbocycles. The molecule has 0 radical (unpaired) electrons. The molecule has 0 spiro atoms. The molecule has 55 heavy (non-hydrogen) atoms. The summed E-state index contributed by atoms with van der Waals surface area (Å²) in [5, 5.41) is 7.45. The highest BCUT2D eigenvalue weighted by Crippen LogP contribution is 2.38. The Bertz CT molecular complexity index is 2300. The number of carbonyl (C=O) groups excluding carboxylic acids is 4. The summed E-state index contributed by atoms with van der Waals surface area (Å²) in [6.45, 7) is 4.77. The predicted octanol–water partition coefficient (Wildman–Crippen LogP) is 4.67. The Kier molecular flexibility index (Phi) is 9.18. The van der Waals surface area contributed by atoms with Crippen LogP contribution in [0, 0.1) is 5.82 Å². The number of amides is 4. The molecular formula is C40H38FN9O4S. The highest BCUT2D eigenvalue weighted by Gasteiger charge is 2.42. The van der Waals surface area contributed by atoms with Crippen LogP contribution in [-0.2, 0) is 40.4 Å². The molecule has 4 aliphatic rings. The van der Waals surface area contributed by atoms with E-state index in [0.29, 0.717) is 35.8 Å². The molecule has 2 fully saturated rings. The third-order valence-corrected chi connectivity index (χ3v) is 11.8. The Morgan fingerprint density at radius 2 is 1.82 bits per heavy atom. The van der Waals surface area contributed by atoms with Crippen molar-refractivity contribution < 1.29 is 23.6 Å². The minimum absolute atomic E-state index is 0.0464. The number of thiazole rings is 1. The number of imidazole rings is 1. The van der Waals surface area contributed by atoms with Crippen molar-refractivity contribution in [1.29, 1.82) is 0 Å². The van der Waals surface area contributed by atoms with Gasteiger partial charge in [-0.15, -0.1) is 11.3 Å². The van der Waals surface area contributed by atoms with Gasteiger partial charge in [0.05, 0.1) is 24.5 Å². The summed E-state index contributed by atoms with van der Waals surface area (Å²) in [5.41, 5.74) is 6.23. The average Bonchev–Trinajstić information content (AvgIpc) is 4.01. The molecule has 7 heterocycles. The lowest BCUT2D eigenvalue weighted by molar-refractivity contribution is -0.134. The molecule has 9 rings (SSSR count). The number of piperazine rings is 1. The molecular weight excluding hydrogens is 722 g/mol. The second-order valence-corrected chi connectivity index (χ2v) is 15.4. The van der Waals surface area contributed by atoms with Crippen molar-refractivity contribution in [3.63, 3.8) is 0 Å². The van der Waals surface area contributed by atoms with Gasteiger partial charge in [0.15, 0.2) is 11.2 Å². The molecule has 3 aromatic heterocycles. The Balaban J connectivity index is 0.871. The van der Waals surface area contributed by atoms with E-state index >= 15 is 4.39 Å². The maximum absolute atomic E-state index is 15.9. The van der Waals surface area contributed by atoms with E-state index in [1.807, 2.05) is 41.1 Å². The van der Waals surface area contributed by atoms with Gasteiger partial charge >= 0.3 is 0 Å². The number of benzene rings is 2. The van der Waals surface area contributed by atoms with Crippen LogP contribution in [0.5, 0.6) is 0 Å². The zero-order valence-corrected chi connectivity index (χ0v) is 30.7. The fourth-order valence-electron chi connectivity index (χ4n) is 8.25. The van der Waals surface area contributed by atoms with Crippen LogP contribution in [0.25, 0.3) is 11.1 Å². The molecule has 13 nitrogen and oxygen atoms in total. The third kappa shape index (κ3) is 6.78. The summed E-state index contributed by atoms with van der Waals surface area (Å²) in [7, 11) is 0. The number of piperidine rings is 1. The lowest BCUT2D eigenvalue weighted by Gasteiger charge is -2.36. The van der Waals surface area contributed by atoms with E-state index in [2.05, 4.69) is 35.4 Å². The van der Waals surface area contributed by atoms with Crippen molar-refractivity contribution in [1.82, 2.24) is 34.6 Å². The zero-order chi connectivity index (χ0) is 37.6. The molecule has 0 saturated carbocycles. The Hall–Kier alpha value is -5.80. The number of carbonyl (C=O) groups is 4. The van der Waals surface area contributed by atoms with Gasteiger partial charge in [-0.05, 0) is 65.8 Å². The maximum Gasteiger partial charge on any atom is 0.255 e. The number of pyridine rings is 1. The normalized spacial score (nSPS) is 19.0. The van der Waals surface area contributed by atoms with Crippen molar-refractivity contribution in [3.8, 4) is 11.1 Å². The third-order valence-electron chi connectivity index (χ3n) is 11.1. The summed E-state index contributed by atoms with van der Waals surface area (Å²) in [5.74, 6) is -2.19. The van der Waals surface area contributed by atoms with Crippen LogP contribution in [0.3, 0.4) is 0 Å². The Morgan fingerprint density at radius 1 is 0.982 bits per heavy atom. The molecule has 2 N–H and O–H groups in total. The Morgan fingerprint density at radius 3 is 2.60 bits per heavy atom. The first kappa shape index (κ1) is 34.9. The van der Waals surface area contributed by atoms with Crippen LogP contribution in [0.2, 0.25) is 0 Å². The van der Waals surface area contributed by atoms with E-state index in [-0.39, 0.29) is 35.4 Å². The highest BCUT2D eigenvalue weighted by atomic mass is 32.1. The number of fused-ring (bicyclic) bond motifs is 2. The molecule has 2 aromatic carbocycles. The van der Waals surface area contributed by atoms with E-state index in [9.17, 15) is 19.2 Å². The number of aryl methyl sites for hydroxylation is 1. The zero-order valence-electron chi connectivity index (χ0n) is 29.9. The van der Waals surface area contributed by atoms with Crippen LogP contribution >= 0.6 is 11.3 Å². The van der Waals surface area contributed by atoms with Gasteiger partial charge in [-0.3, -0.25) is 39.7 Å². The number of nitrogens with zero attached hydrogens (tertiary/aromatic N) is 7. The minimum atomic E-state index is -1.04. The monoisotopic (exact) mass is 759 g/mol. The van der Waals surface area contributed by atoms with E-state index < -0.39 is 23.7 Å². The number of rotatable bonds is 9. The first-order chi connectivity index (χ1) is 26.8. The first-order valence-electron chi connectivity index (χ1n) is 18.5. The number of aromatic nitrogens is 4. The molecule has 280 valence electrons. The first-order valence-corrected chi connectivity index (χ1v) is 19.4. The molecule has 4 aliphatic heterocycles. The molecule has 0 bridgehead atoms. The van der Waals surface area contributed by atoms with Crippen molar-refractivity contribution in [2.75, 3.05) is 36.4 Å². The second-order valence-electron chi connectivity index (χ2n) is 14.5. The molecule has 2 unspecified atom stereocenters. The molecule has 4 amide bonds. The van der Waals surface area contributed by atoms with Gasteiger partial charge in [0, 0.05) is 92.2 Å². The van der Waals surface area contributed by atoms with Gasteiger partial charge in [-0.1, -0.05) is 18.2 Å². The average molecular weight is 760 g/mol. The standard InChI is InChI=1S/C40H38FN9O4S/c41-32-18-26(17-30-31(32)22-50(39(30)54)36(38(53)46-40-43-9-15-55-40)35-33-2-1-10-49(33)23-44-35)25-3-5-28(6-4-25)48-13-11-47(12-14-48)21-24-16-27(20-42-19-24)29-7-8-34(51)45-37(29)52/h3-6,9,15-20,23,29,36H,1-2,7-8,10-14,21-22H2,(H,43,46,53)(H,45,51,52). The minimum Gasteiger partial charge on any atom is -0.369 e. The van der Waals surface area contributed by atoms with Gasteiger partial charge in [0.1, 0.15) is 5.82 Å². The Labute approximate surface area is 320 Å². The van der Waals surface area contributed by atoms with E-state index in [1.54, 1.807) is 30.2 Å². The molecule has 5 aromatic rings. The van der Waals surface area contributed by atoms with Crippen molar-refractivity contribution in [2.45, 2.75) is 57.3 Å². The van der Waals surface area contributed by atoms with Crippen LogP contribution in [0.15, 0.2) is 72.8 Å². The molecule has 2 atom stereocenters. The number of halogens is 1. The largest absolute Gasteiger partial charge is 0.369 e.